The number of nitrogens with zero attached hydrogens (tertiary/aromatic N) is 2. The van der Waals surface area contributed by atoms with Gasteiger partial charge in [-0.1, -0.05) is 28.1 Å². The van der Waals surface area contributed by atoms with Crippen LogP contribution in [0.2, 0.25) is 0 Å². The average molecular weight is 266 g/mol. The summed E-state index contributed by atoms with van der Waals surface area (Å²) in [5.74, 6) is 0. The number of aromatic nitrogens is 2. The van der Waals surface area contributed by atoms with Crippen molar-refractivity contribution in [2.75, 3.05) is 0 Å². The highest BCUT2D eigenvalue weighted by Crippen LogP contribution is 2.22. The molecule has 0 saturated carbocycles. The lowest BCUT2D eigenvalue weighted by Crippen LogP contribution is -2.03. The fourth-order valence-electron chi connectivity index (χ4n) is 1.49. The summed E-state index contributed by atoms with van der Waals surface area (Å²) < 4.78 is 2.87. The third-order valence-electron chi connectivity index (χ3n) is 2.31. The highest BCUT2D eigenvalue weighted by molar-refractivity contribution is 9.10. The van der Waals surface area contributed by atoms with Crippen molar-refractivity contribution in [2.24, 2.45) is 12.8 Å². The predicted molar refractivity (Wildman–Crippen MR) is 64.2 cm³/mol. The SMILES string of the molecule is Cn1nc(-c2cccc(Br)c2)cc1CN. The third kappa shape index (κ3) is 2.11. The van der Waals surface area contributed by atoms with Gasteiger partial charge in [-0.15, -0.1) is 0 Å². The van der Waals surface area contributed by atoms with Crippen LogP contribution in [0.1, 0.15) is 5.69 Å². The quantitative estimate of drug-likeness (QED) is 0.906. The first-order chi connectivity index (χ1) is 7.20. The van der Waals surface area contributed by atoms with Crippen molar-refractivity contribution in [1.29, 1.82) is 0 Å². The molecule has 2 aromatic rings. The number of rotatable bonds is 2. The molecule has 0 atom stereocenters. The minimum Gasteiger partial charge on any atom is -0.325 e. The van der Waals surface area contributed by atoms with E-state index in [1.807, 2.05) is 42.1 Å². The first-order valence-corrected chi connectivity index (χ1v) is 5.49. The molecule has 1 aromatic heterocycles. The van der Waals surface area contributed by atoms with Crippen LogP contribution in [-0.4, -0.2) is 9.78 Å². The zero-order valence-electron chi connectivity index (χ0n) is 8.44. The molecule has 78 valence electrons. The Balaban J connectivity index is 2.45. The molecule has 0 radical (unpaired) electrons. The molecule has 2 N–H and O–H groups in total. The molecule has 0 aliphatic carbocycles. The minimum absolute atomic E-state index is 0.511. The molecular weight excluding hydrogens is 254 g/mol. The summed E-state index contributed by atoms with van der Waals surface area (Å²) in [6, 6.07) is 10.1. The van der Waals surface area contributed by atoms with Crippen molar-refractivity contribution in [3.8, 4) is 11.3 Å². The highest BCUT2D eigenvalue weighted by atomic mass is 79.9. The Morgan fingerprint density at radius 2 is 2.20 bits per heavy atom. The van der Waals surface area contributed by atoms with Crippen LogP contribution in [0.25, 0.3) is 11.3 Å². The van der Waals surface area contributed by atoms with Gasteiger partial charge in [-0.05, 0) is 18.2 Å². The molecular formula is C11H12BrN3. The lowest BCUT2D eigenvalue weighted by atomic mass is 10.1. The Bertz CT molecular complexity index is 476. The van der Waals surface area contributed by atoms with Crippen LogP contribution >= 0.6 is 15.9 Å². The van der Waals surface area contributed by atoms with Gasteiger partial charge in [0.15, 0.2) is 0 Å². The molecule has 0 unspecified atom stereocenters. The molecule has 0 aliphatic heterocycles. The van der Waals surface area contributed by atoms with Crippen LogP contribution < -0.4 is 5.73 Å². The van der Waals surface area contributed by atoms with Crippen LogP contribution in [0.3, 0.4) is 0 Å². The van der Waals surface area contributed by atoms with Gasteiger partial charge in [0.05, 0.1) is 11.4 Å². The topological polar surface area (TPSA) is 43.8 Å². The largest absolute Gasteiger partial charge is 0.325 e. The van der Waals surface area contributed by atoms with Crippen molar-refractivity contribution in [2.45, 2.75) is 6.54 Å². The van der Waals surface area contributed by atoms with Gasteiger partial charge in [0.25, 0.3) is 0 Å². The van der Waals surface area contributed by atoms with Gasteiger partial charge in [-0.3, -0.25) is 4.68 Å². The van der Waals surface area contributed by atoms with Crippen molar-refractivity contribution in [1.82, 2.24) is 9.78 Å². The van der Waals surface area contributed by atoms with E-state index in [-0.39, 0.29) is 0 Å². The molecule has 0 spiro atoms. The van der Waals surface area contributed by atoms with E-state index in [2.05, 4.69) is 21.0 Å². The molecule has 3 nitrogen and oxygen atoms in total. The molecule has 0 saturated heterocycles. The van der Waals surface area contributed by atoms with Gasteiger partial charge in [0, 0.05) is 23.6 Å². The predicted octanol–water partition coefficient (Wildman–Crippen LogP) is 2.31. The number of aryl methyl sites for hydroxylation is 1. The Morgan fingerprint density at radius 3 is 2.80 bits per heavy atom. The van der Waals surface area contributed by atoms with Crippen molar-refractivity contribution in [3.05, 3.63) is 40.5 Å². The second-order valence-corrected chi connectivity index (χ2v) is 4.27. The van der Waals surface area contributed by atoms with E-state index >= 15 is 0 Å². The summed E-state index contributed by atoms with van der Waals surface area (Å²) in [4.78, 5) is 0. The first-order valence-electron chi connectivity index (χ1n) is 4.69. The number of hydrogen-bond donors (Lipinski definition) is 1. The van der Waals surface area contributed by atoms with Gasteiger partial charge in [-0.25, -0.2) is 0 Å². The van der Waals surface area contributed by atoms with Gasteiger partial charge in [-0.2, -0.15) is 5.10 Å². The molecule has 2 rings (SSSR count). The lowest BCUT2D eigenvalue weighted by molar-refractivity contribution is 0.714. The summed E-state index contributed by atoms with van der Waals surface area (Å²) in [7, 11) is 1.91. The Kier molecular flexibility index (Phi) is 2.88. The molecule has 4 heteroatoms. The van der Waals surface area contributed by atoms with Gasteiger partial charge >= 0.3 is 0 Å². The van der Waals surface area contributed by atoms with Crippen LogP contribution in [0.5, 0.6) is 0 Å². The van der Waals surface area contributed by atoms with Gasteiger partial charge < -0.3 is 5.73 Å². The van der Waals surface area contributed by atoms with E-state index in [0.717, 1.165) is 21.4 Å². The summed E-state index contributed by atoms with van der Waals surface area (Å²) in [5, 5.41) is 4.41. The number of nitrogens with two attached hydrogens (primary N) is 1. The Hall–Kier alpha value is -1.13. The zero-order chi connectivity index (χ0) is 10.8. The standard InChI is InChI=1S/C11H12BrN3/c1-15-10(7-13)6-11(14-15)8-3-2-4-9(12)5-8/h2-6H,7,13H2,1H3. The molecule has 1 aromatic carbocycles. The van der Waals surface area contributed by atoms with Crippen molar-refractivity contribution < 1.29 is 0 Å². The van der Waals surface area contributed by atoms with Crippen LogP contribution in [-0.2, 0) is 13.6 Å². The fraction of sp³-hybridized carbons (Fsp3) is 0.182. The van der Waals surface area contributed by atoms with E-state index in [9.17, 15) is 0 Å². The molecule has 0 bridgehead atoms. The number of benzene rings is 1. The monoisotopic (exact) mass is 265 g/mol. The van der Waals surface area contributed by atoms with Crippen LogP contribution in [0.15, 0.2) is 34.8 Å². The van der Waals surface area contributed by atoms with Gasteiger partial charge in [0.2, 0.25) is 0 Å². The summed E-state index contributed by atoms with van der Waals surface area (Å²) in [6.45, 7) is 0.511. The highest BCUT2D eigenvalue weighted by Gasteiger charge is 2.05. The molecule has 1 heterocycles. The van der Waals surface area contributed by atoms with E-state index in [0.29, 0.717) is 6.54 Å². The maximum absolute atomic E-state index is 5.60. The van der Waals surface area contributed by atoms with E-state index in [1.54, 1.807) is 0 Å². The second-order valence-electron chi connectivity index (χ2n) is 3.36. The third-order valence-corrected chi connectivity index (χ3v) is 2.80. The normalized spacial score (nSPS) is 10.6. The molecule has 0 aliphatic rings. The first kappa shape index (κ1) is 10.4. The van der Waals surface area contributed by atoms with Crippen LogP contribution in [0.4, 0.5) is 0 Å². The molecule has 0 fully saturated rings. The average Bonchev–Trinajstić information content (AvgIpc) is 2.60. The summed E-state index contributed by atoms with van der Waals surface area (Å²) in [5.41, 5.74) is 8.69. The lowest BCUT2D eigenvalue weighted by Gasteiger charge is -1.96. The van der Waals surface area contributed by atoms with E-state index < -0.39 is 0 Å². The van der Waals surface area contributed by atoms with Gasteiger partial charge in [0.1, 0.15) is 0 Å². The van der Waals surface area contributed by atoms with Crippen LogP contribution in [0, 0.1) is 0 Å². The molecule has 15 heavy (non-hydrogen) atoms. The Morgan fingerprint density at radius 1 is 1.40 bits per heavy atom. The number of hydrogen-bond acceptors (Lipinski definition) is 2. The zero-order valence-corrected chi connectivity index (χ0v) is 10.0. The minimum atomic E-state index is 0.511. The summed E-state index contributed by atoms with van der Waals surface area (Å²) >= 11 is 3.44. The molecule has 0 amide bonds. The smallest absolute Gasteiger partial charge is 0.0926 e. The maximum atomic E-state index is 5.60. The number of halogens is 1. The summed E-state index contributed by atoms with van der Waals surface area (Å²) in [6.07, 6.45) is 0. The fourth-order valence-corrected chi connectivity index (χ4v) is 1.89. The second kappa shape index (κ2) is 4.16. The van der Waals surface area contributed by atoms with E-state index in [1.165, 1.54) is 0 Å². The maximum Gasteiger partial charge on any atom is 0.0926 e. The van der Waals surface area contributed by atoms with Crippen molar-refractivity contribution >= 4 is 15.9 Å². The Labute approximate surface area is 97.0 Å². The van der Waals surface area contributed by atoms with Crippen molar-refractivity contribution in [3.63, 3.8) is 0 Å². The van der Waals surface area contributed by atoms with E-state index in [4.69, 9.17) is 5.73 Å².